The number of amides is 2. The van der Waals surface area contributed by atoms with Crippen LogP contribution in [0.4, 0.5) is 18.9 Å². The van der Waals surface area contributed by atoms with Crippen LogP contribution in [0.3, 0.4) is 0 Å². The van der Waals surface area contributed by atoms with E-state index in [4.69, 9.17) is 11.6 Å². The van der Waals surface area contributed by atoms with Gasteiger partial charge in [0.05, 0.1) is 22.5 Å². The SMILES string of the molecule is Cc1ccccc1CN(C(=O)CN(c1ccc(Cl)c(C(F)(F)F)c1)S(C)(=O)=O)[C@H](C)C(=O)NC(C)(C)C. The molecule has 2 rings (SSSR count). The molecule has 0 radical (unpaired) electrons. The summed E-state index contributed by atoms with van der Waals surface area (Å²) in [5.41, 5.74) is -0.643. The minimum Gasteiger partial charge on any atom is -0.350 e. The number of aryl methyl sites for hydroxylation is 1. The van der Waals surface area contributed by atoms with Crippen LogP contribution in [0.25, 0.3) is 0 Å². The summed E-state index contributed by atoms with van der Waals surface area (Å²) in [6.07, 6.45) is -4.06. The van der Waals surface area contributed by atoms with E-state index in [-0.39, 0.29) is 12.2 Å². The molecule has 0 aliphatic rings. The molecule has 0 aliphatic heterocycles. The molecule has 0 unspecified atom stereocenters. The van der Waals surface area contributed by atoms with Gasteiger partial charge in [-0.15, -0.1) is 0 Å². The van der Waals surface area contributed by atoms with Crippen LogP contribution >= 0.6 is 11.6 Å². The second-order valence-electron chi connectivity index (χ2n) is 9.79. The third-order valence-electron chi connectivity index (χ3n) is 5.49. The standard InChI is InChI=1S/C25H31ClF3N3O4S/c1-16-9-7-8-10-18(16)14-31(17(2)23(34)30-24(3,4)5)22(33)15-32(37(6,35)36)19-11-12-21(26)20(13-19)25(27,28)29/h7-13,17H,14-15H2,1-6H3,(H,30,34)/t17-/m1/s1. The number of alkyl halides is 3. The molecule has 1 N–H and O–H groups in total. The summed E-state index contributed by atoms with van der Waals surface area (Å²) in [5.74, 6) is -1.24. The Hall–Kier alpha value is -2.79. The molecule has 2 aromatic rings. The maximum absolute atomic E-state index is 13.5. The first-order valence-electron chi connectivity index (χ1n) is 11.3. The number of nitrogens with zero attached hydrogens (tertiary/aromatic N) is 2. The summed E-state index contributed by atoms with van der Waals surface area (Å²) in [5, 5.41) is 2.19. The van der Waals surface area contributed by atoms with Gasteiger partial charge in [0.25, 0.3) is 0 Å². The van der Waals surface area contributed by atoms with Crippen molar-refractivity contribution in [2.45, 2.75) is 58.9 Å². The molecular formula is C25H31ClF3N3O4S. The summed E-state index contributed by atoms with van der Waals surface area (Å²) >= 11 is 5.68. The van der Waals surface area contributed by atoms with Gasteiger partial charge in [0, 0.05) is 12.1 Å². The van der Waals surface area contributed by atoms with E-state index in [0.717, 1.165) is 29.5 Å². The number of benzene rings is 2. The average molecular weight is 562 g/mol. The molecule has 0 fully saturated rings. The van der Waals surface area contributed by atoms with Crippen LogP contribution in [0.15, 0.2) is 42.5 Å². The van der Waals surface area contributed by atoms with Crippen molar-refractivity contribution in [2.24, 2.45) is 0 Å². The Bertz CT molecular complexity index is 1260. The molecule has 0 heterocycles. The normalized spacial score (nSPS) is 13.1. The van der Waals surface area contributed by atoms with Crippen molar-refractivity contribution in [3.63, 3.8) is 0 Å². The highest BCUT2D eigenvalue weighted by Gasteiger charge is 2.36. The van der Waals surface area contributed by atoms with Crippen molar-refractivity contribution >= 4 is 39.1 Å². The topological polar surface area (TPSA) is 86.8 Å². The summed E-state index contributed by atoms with van der Waals surface area (Å²) in [7, 11) is -4.20. The predicted octanol–water partition coefficient (Wildman–Crippen LogP) is 4.77. The van der Waals surface area contributed by atoms with Crippen LogP contribution in [-0.2, 0) is 32.3 Å². The number of nitrogens with one attached hydrogen (secondary N) is 1. The maximum atomic E-state index is 13.5. The second kappa shape index (κ2) is 11.3. The molecule has 0 saturated carbocycles. The highest BCUT2D eigenvalue weighted by molar-refractivity contribution is 7.92. The average Bonchev–Trinajstić information content (AvgIpc) is 2.74. The van der Waals surface area contributed by atoms with Gasteiger partial charge in [-0.3, -0.25) is 13.9 Å². The van der Waals surface area contributed by atoms with Gasteiger partial charge in [0.2, 0.25) is 21.8 Å². The van der Waals surface area contributed by atoms with Crippen LogP contribution in [0, 0.1) is 6.92 Å². The maximum Gasteiger partial charge on any atom is 0.417 e. The van der Waals surface area contributed by atoms with Crippen molar-refractivity contribution in [3.8, 4) is 0 Å². The summed E-state index contributed by atoms with van der Waals surface area (Å²) in [6, 6.07) is 8.76. The predicted molar refractivity (Wildman–Crippen MR) is 138 cm³/mol. The van der Waals surface area contributed by atoms with E-state index < -0.39 is 56.7 Å². The zero-order valence-electron chi connectivity index (χ0n) is 21.5. The number of halogens is 4. The van der Waals surface area contributed by atoms with Gasteiger partial charge in [-0.25, -0.2) is 8.42 Å². The van der Waals surface area contributed by atoms with E-state index in [1.165, 1.54) is 11.8 Å². The van der Waals surface area contributed by atoms with Gasteiger partial charge in [-0.2, -0.15) is 13.2 Å². The molecule has 2 amide bonds. The molecule has 0 saturated heterocycles. The van der Waals surface area contributed by atoms with E-state index in [2.05, 4.69) is 5.32 Å². The first kappa shape index (κ1) is 30.4. The molecule has 37 heavy (non-hydrogen) atoms. The van der Waals surface area contributed by atoms with Crippen molar-refractivity contribution in [1.29, 1.82) is 0 Å². The lowest BCUT2D eigenvalue weighted by molar-refractivity contribution is -0.140. The number of carbonyl (C=O) groups excluding carboxylic acids is 2. The fourth-order valence-electron chi connectivity index (χ4n) is 3.53. The fraction of sp³-hybridized carbons (Fsp3) is 0.440. The smallest absolute Gasteiger partial charge is 0.350 e. The van der Waals surface area contributed by atoms with Crippen LogP contribution in [0.5, 0.6) is 0 Å². The molecule has 0 bridgehead atoms. The zero-order valence-corrected chi connectivity index (χ0v) is 23.1. The summed E-state index contributed by atoms with van der Waals surface area (Å²) < 4.78 is 66.0. The van der Waals surface area contributed by atoms with Gasteiger partial charge in [-0.05, 0) is 63.9 Å². The molecular weight excluding hydrogens is 531 g/mol. The van der Waals surface area contributed by atoms with Crippen molar-refractivity contribution < 1.29 is 31.2 Å². The molecule has 12 heteroatoms. The van der Waals surface area contributed by atoms with E-state index in [1.54, 1.807) is 32.9 Å². The van der Waals surface area contributed by atoms with Crippen LogP contribution in [0.1, 0.15) is 44.4 Å². The molecule has 0 aliphatic carbocycles. The van der Waals surface area contributed by atoms with Gasteiger partial charge >= 0.3 is 6.18 Å². The first-order valence-corrected chi connectivity index (χ1v) is 13.5. The minimum atomic E-state index is -4.84. The van der Waals surface area contributed by atoms with Gasteiger partial charge < -0.3 is 10.2 Å². The van der Waals surface area contributed by atoms with Gasteiger partial charge in [0.15, 0.2) is 0 Å². The number of hydrogen-bond donors (Lipinski definition) is 1. The molecule has 204 valence electrons. The summed E-state index contributed by atoms with van der Waals surface area (Å²) in [4.78, 5) is 27.7. The monoisotopic (exact) mass is 561 g/mol. The van der Waals surface area contributed by atoms with Crippen LogP contribution in [-0.4, -0.2) is 49.5 Å². The molecule has 0 aromatic heterocycles. The number of hydrogen-bond acceptors (Lipinski definition) is 4. The molecule has 7 nitrogen and oxygen atoms in total. The largest absolute Gasteiger partial charge is 0.417 e. The van der Waals surface area contributed by atoms with Crippen LogP contribution in [0.2, 0.25) is 5.02 Å². The Labute approximate surface area is 220 Å². The highest BCUT2D eigenvalue weighted by Crippen LogP contribution is 2.37. The third-order valence-corrected chi connectivity index (χ3v) is 6.96. The third kappa shape index (κ3) is 8.36. The Morgan fingerprint density at radius 1 is 1.08 bits per heavy atom. The fourth-order valence-corrected chi connectivity index (χ4v) is 4.59. The first-order chi connectivity index (χ1) is 16.8. The molecule has 1 atom stereocenters. The minimum absolute atomic E-state index is 0.0176. The van der Waals surface area contributed by atoms with Crippen molar-refractivity contribution in [3.05, 3.63) is 64.2 Å². The highest BCUT2D eigenvalue weighted by atomic mass is 35.5. The van der Waals surface area contributed by atoms with Gasteiger partial charge in [-0.1, -0.05) is 35.9 Å². The zero-order chi connectivity index (χ0) is 28.3. The Balaban J connectivity index is 2.51. The lowest BCUT2D eigenvalue weighted by Gasteiger charge is -2.33. The number of carbonyl (C=O) groups is 2. The van der Waals surface area contributed by atoms with Crippen molar-refractivity contribution in [2.75, 3.05) is 17.1 Å². The quantitative estimate of drug-likeness (QED) is 0.503. The van der Waals surface area contributed by atoms with E-state index in [0.29, 0.717) is 10.4 Å². The van der Waals surface area contributed by atoms with Crippen molar-refractivity contribution in [1.82, 2.24) is 10.2 Å². The number of anilines is 1. The molecule has 0 spiro atoms. The lowest BCUT2D eigenvalue weighted by Crippen LogP contribution is -2.54. The summed E-state index contributed by atoms with van der Waals surface area (Å²) in [6.45, 7) is 7.81. The van der Waals surface area contributed by atoms with Crippen LogP contribution < -0.4 is 9.62 Å². The van der Waals surface area contributed by atoms with E-state index >= 15 is 0 Å². The van der Waals surface area contributed by atoms with E-state index in [1.807, 2.05) is 19.1 Å². The lowest BCUT2D eigenvalue weighted by atomic mass is 10.1. The molecule has 2 aromatic carbocycles. The Morgan fingerprint density at radius 2 is 1.68 bits per heavy atom. The number of rotatable bonds is 8. The second-order valence-corrected chi connectivity index (χ2v) is 12.1. The van der Waals surface area contributed by atoms with E-state index in [9.17, 15) is 31.2 Å². The Kier molecular flexibility index (Phi) is 9.30. The number of sulfonamides is 1. The van der Waals surface area contributed by atoms with Gasteiger partial charge in [0.1, 0.15) is 12.6 Å². The Morgan fingerprint density at radius 3 is 2.19 bits per heavy atom.